The largest absolute Gasteiger partial charge is 0.397 e. The Labute approximate surface area is 106 Å². The van der Waals surface area contributed by atoms with Gasteiger partial charge in [-0.1, -0.05) is 0 Å². The summed E-state index contributed by atoms with van der Waals surface area (Å²) < 4.78 is 0.849. The van der Waals surface area contributed by atoms with E-state index in [1.807, 2.05) is 13.0 Å². The summed E-state index contributed by atoms with van der Waals surface area (Å²) in [4.78, 5) is 12.6. The standard InChI is InChI=1S/C10H9BrN4S/c1-6-3-14-10(15-4-6)16-9-8(11)2-7(12)5-13-9/h2-5H,12H2,1H3. The molecule has 0 aliphatic carbocycles. The van der Waals surface area contributed by atoms with Crippen molar-refractivity contribution in [2.75, 3.05) is 5.73 Å². The Morgan fingerprint density at radius 3 is 2.50 bits per heavy atom. The number of hydrogen-bond acceptors (Lipinski definition) is 5. The van der Waals surface area contributed by atoms with Crippen molar-refractivity contribution in [2.45, 2.75) is 17.1 Å². The number of pyridine rings is 1. The molecular formula is C10H9BrN4S. The SMILES string of the molecule is Cc1cnc(Sc2ncc(N)cc2Br)nc1. The molecule has 2 aromatic heterocycles. The first-order valence-corrected chi connectivity index (χ1v) is 6.13. The first-order chi connectivity index (χ1) is 7.65. The molecule has 6 heteroatoms. The van der Waals surface area contributed by atoms with Gasteiger partial charge in [0.15, 0.2) is 5.16 Å². The Morgan fingerprint density at radius 2 is 1.88 bits per heavy atom. The predicted molar refractivity (Wildman–Crippen MR) is 67.2 cm³/mol. The summed E-state index contributed by atoms with van der Waals surface area (Å²) in [5.74, 6) is 0. The number of nitrogens with zero attached hydrogens (tertiary/aromatic N) is 3. The highest BCUT2D eigenvalue weighted by molar-refractivity contribution is 9.10. The normalized spacial score (nSPS) is 10.4. The molecule has 16 heavy (non-hydrogen) atoms. The second-order valence-electron chi connectivity index (χ2n) is 3.20. The van der Waals surface area contributed by atoms with Crippen molar-refractivity contribution in [3.8, 4) is 0 Å². The number of nitrogen functional groups attached to an aromatic ring is 1. The first-order valence-electron chi connectivity index (χ1n) is 4.52. The van der Waals surface area contributed by atoms with E-state index in [2.05, 4.69) is 30.9 Å². The monoisotopic (exact) mass is 296 g/mol. The van der Waals surface area contributed by atoms with Gasteiger partial charge in [0.1, 0.15) is 5.03 Å². The van der Waals surface area contributed by atoms with Crippen molar-refractivity contribution in [2.24, 2.45) is 0 Å². The van der Waals surface area contributed by atoms with Crippen molar-refractivity contribution >= 4 is 33.4 Å². The minimum absolute atomic E-state index is 0.626. The van der Waals surface area contributed by atoms with E-state index in [1.54, 1.807) is 18.6 Å². The van der Waals surface area contributed by atoms with E-state index in [4.69, 9.17) is 5.73 Å². The summed E-state index contributed by atoms with van der Waals surface area (Å²) in [6.07, 6.45) is 5.17. The van der Waals surface area contributed by atoms with Crippen LogP contribution in [0.15, 0.2) is 39.3 Å². The van der Waals surface area contributed by atoms with Crippen LogP contribution in [0.2, 0.25) is 0 Å². The molecule has 0 amide bonds. The number of halogens is 1. The van der Waals surface area contributed by atoms with E-state index in [1.165, 1.54) is 11.8 Å². The molecule has 0 saturated carbocycles. The number of rotatable bonds is 2. The third-order valence-electron chi connectivity index (χ3n) is 1.77. The van der Waals surface area contributed by atoms with Gasteiger partial charge in [-0.15, -0.1) is 0 Å². The quantitative estimate of drug-likeness (QED) is 0.863. The second-order valence-corrected chi connectivity index (χ2v) is 5.01. The van der Waals surface area contributed by atoms with Crippen LogP contribution in [-0.4, -0.2) is 15.0 Å². The zero-order valence-electron chi connectivity index (χ0n) is 8.51. The number of anilines is 1. The Hall–Kier alpha value is -1.14. The summed E-state index contributed by atoms with van der Waals surface area (Å²) in [6, 6.07) is 1.81. The van der Waals surface area contributed by atoms with E-state index in [9.17, 15) is 0 Å². The molecule has 2 rings (SSSR count). The molecule has 2 aromatic rings. The van der Waals surface area contributed by atoms with Crippen molar-refractivity contribution < 1.29 is 0 Å². The molecule has 0 unspecified atom stereocenters. The fourth-order valence-corrected chi connectivity index (χ4v) is 2.29. The van der Waals surface area contributed by atoms with Gasteiger partial charge < -0.3 is 5.73 Å². The smallest absolute Gasteiger partial charge is 0.193 e. The molecule has 2 heterocycles. The molecule has 0 bridgehead atoms. The van der Waals surface area contributed by atoms with Crippen LogP contribution in [0.25, 0.3) is 0 Å². The van der Waals surface area contributed by atoms with Crippen molar-refractivity contribution in [3.63, 3.8) is 0 Å². The van der Waals surface area contributed by atoms with Crippen molar-refractivity contribution in [1.29, 1.82) is 0 Å². The lowest BCUT2D eigenvalue weighted by molar-refractivity contribution is 0.943. The van der Waals surface area contributed by atoms with E-state index in [0.29, 0.717) is 10.8 Å². The Morgan fingerprint density at radius 1 is 1.19 bits per heavy atom. The first kappa shape index (κ1) is 11.3. The van der Waals surface area contributed by atoms with Crippen LogP contribution in [0.3, 0.4) is 0 Å². The summed E-state index contributed by atoms with van der Waals surface area (Å²) in [5.41, 5.74) is 7.27. The van der Waals surface area contributed by atoms with E-state index in [-0.39, 0.29) is 0 Å². The second kappa shape index (κ2) is 4.80. The van der Waals surface area contributed by atoms with Crippen LogP contribution >= 0.6 is 27.7 Å². The van der Waals surface area contributed by atoms with Crippen LogP contribution in [-0.2, 0) is 0 Å². The molecule has 0 radical (unpaired) electrons. The molecule has 0 spiro atoms. The third kappa shape index (κ3) is 2.70. The molecule has 0 fully saturated rings. The van der Waals surface area contributed by atoms with Gasteiger partial charge in [-0.2, -0.15) is 0 Å². The highest BCUT2D eigenvalue weighted by Gasteiger charge is 2.06. The Bertz CT molecular complexity index is 501. The van der Waals surface area contributed by atoms with Gasteiger partial charge >= 0.3 is 0 Å². The molecule has 0 aliphatic rings. The van der Waals surface area contributed by atoms with Crippen molar-refractivity contribution in [3.05, 3.63) is 34.7 Å². The van der Waals surface area contributed by atoms with Gasteiger partial charge in [0, 0.05) is 12.4 Å². The highest BCUT2D eigenvalue weighted by atomic mass is 79.9. The Balaban J connectivity index is 2.23. The number of nitrogens with two attached hydrogens (primary N) is 1. The fourth-order valence-electron chi connectivity index (χ4n) is 1.04. The number of aryl methyl sites for hydroxylation is 1. The minimum atomic E-state index is 0.626. The zero-order chi connectivity index (χ0) is 11.5. The van der Waals surface area contributed by atoms with Gasteiger partial charge in [-0.05, 0) is 46.2 Å². The maximum absolute atomic E-state index is 5.61. The van der Waals surface area contributed by atoms with Crippen LogP contribution in [0.1, 0.15) is 5.56 Å². The number of aromatic nitrogens is 3. The lowest BCUT2D eigenvalue weighted by Crippen LogP contribution is -1.91. The van der Waals surface area contributed by atoms with E-state index in [0.717, 1.165) is 15.1 Å². The molecule has 0 aromatic carbocycles. The zero-order valence-corrected chi connectivity index (χ0v) is 10.9. The van der Waals surface area contributed by atoms with Gasteiger partial charge in [-0.25, -0.2) is 15.0 Å². The van der Waals surface area contributed by atoms with Gasteiger partial charge in [0.25, 0.3) is 0 Å². The highest BCUT2D eigenvalue weighted by Crippen LogP contribution is 2.30. The fraction of sp³-hybridized carbons (Fsp3) is 0.100. The predicted octanol–water partition coefficient (Wildman–Crippen LogP) is 2.68. The Kier molecular flexibility index (Phi) is 3.40. The lowest BCUT2D eigenvalue weighted by Gasteiger charge is -2.02. The van der Waals surface area contributed by atoms with Crippen LogP contribution < -0.4 is 5.73 Å². The summed E-state index contributed by atoms with van der Waals surface area (Å²) in [5, 5.41) is 1.47. The summed E-state index contributed by atoms with van der Waals surface area (Å²) in [6.45, 7) is 1.95. The summed E-state index contributed by atoms with van der Waals surface area (Å²) in [7, 11) is 0. The average molecular weight is 297 g/mol. The maximum Gasteiger partial charge on any atom is 0.193 e. The van der Waals surface area contributed by atoms with Gasteiger partial charge in [-0.3, -0.25) is 0 Å². The average Bonchev–Trinajstić information content (AvgIpc) is 2.25. The summed E-state index contributed by atoms with van der Waals surface area (Å²) >= 11 is 4.80. The van der Waals surface area contributed by atoms with Gasteiger partial charge in [0.05, 0.1) is 16.4 Å². The van der Waals surface area contributed by atoms with E-state index < -0.39 is 0 Å². The minimum Gasteiger partial charge on any atom is -0.397 e. The van der Waals surface area contributed by atoms with Crippen LogP contribution in [0.5, 0.6) is 0 Å². The molecule has 0 aliphatic heterocycles. The molecule has 0 saturated heterocycles. The van der Waals surface area contributed by atoms with Crippen LogP contribution in [0.4, 0.5) is 5.69 Å². The molecular weight excluding hydrogens is 288 g/mol. The molecule has 82 valence electrons. The van der Waals surface area contributed by atoms with Crippen LogP contribution in [0, 0.1) is 6.92 Å². The molecule has 4 nitrogen and oxygen atoms in total. The maximum atomic E-state index is 5.61. The topological polar surface area (TPSA) is 64.7 Å². The lowest BCUT2D eigenvalue weighted by atomic mass is 10.4. The van der Waals surface area contributed by atoms with Crippen molar-refractivity contribution in [1.82, 2.24) is 15.0 Å². The molecule has 0 atom stereocenters. The van der Waals surface area contributed by atoms with E-state index >= 15 is 0 Å². The number of hydrogen-bond donors (Lipinski definition) is 1. The molecule has 2 N–H and O–H groups in total. The third-order valence-corrected chi connectivity index (χ3v) is 3.55. The van der Waals surface area contributed by atoms with Gasteiger partial charge in [0.2, 0.25) is 0 Å².